The number of hydrogen-bond acceptors (Lipinski definition) is 6. The molecular weight excluding hydrogens is 504 g/mol. The third-order valence-corrected chi connectivity index (χ3v) is 8.59. The lowest BCUT2D eigenvalue weighted by Gasteiger charge is -2.17. The molecule has 12 heteroatoms. The van der Waals surface area contributed by atoms with Crippen LogP contribution in [0.15, 0.2) is 24.5 Å². The number of rotatable bonds is 1. The molecule has 1 fully saturated rings. The lowest BCUT2D eigenvalue weighted by Crippen LogP contribution is -2.31. The number of amides is 1. The van der Waals surface area contributed by atoms with Gasteiger partial charge in [-0.05, 0) is 58.0 Å². The van der Waals surface area contributed by atoms with Crippen LogP contribution in [0, 0.1) is 0 Å². The fourth-order valence-electron chi connectivity index (χ4n) is 5.32. The first kappa shape index (κ1) is 25.7. The SMILES string of the molecule is CP(C)(=O)c1c2ccc3c(c[nH]c13)-c1nc(ncc1C(F)(F)F)N[C@H]1CC[C@@H](C1)NCCCCNC2=O. The molecule has 6 rings (SSSR count). The van der Waals surface area contributed by atoms with Crippen LogP contribution in [0.1, 0.15) is 48.0 Å². The number of halogens is 3. The Kier molecular flexibility index (Phi) is 6.79. The summed E-state index contributed by atoms with van der Waals surface area (Å²) in [6.07, 6.45) is 1.85. The molecule has 0 saturated heterocycles. The third kappa shape index (κ3) is 5.25. The maximum Gasteiger partial charge on any atom is 0.419 e. The van der Waals surface area contributed by atoms with E-state index in [1.165, 1.54) is 12.3 Å². The van der Waals surface area contributed by atoms with Gasteiger partial charge in [-0.1, -0.05) is 6.07 Å². The van der Waals surface area contributed by atoms with E-state index in [2.05, 4.69) is 30.9 Å². The van der Waals surface area contributed by atoms with Crippen molar-refractivity contribution in [1.82, 2.24) is 25.6 Å². The van der Waals surface area contributed by atoms with Crippen LogP contribution in [0.25, 0.3) is 22.2 Å². The second-order valence-electron chi connectivity index (χ2n) is 10.2. The monoisotopic (exact) mass is 534 g/mol. The van der Waals surface area contributed by atoms with Crippen LogP contribution >= 0.6 is 7.14 Å². The predicted molar refractivity (Wildman–Crippen MR) is 138 cm³/mol. The van der Waals surface area contributed by atoms with Crippen molar-refractivity contribution in [3.05, 3.63) is 35.7 Å². The van der Waals surface area contributed by atoms with Gasteiger partial charge in [0.25, 0.3) is 5.91 Å². The summed E-state index contributed by atoms with van der Waals surface area (Å²) in [5, 5.41) is 10.4. The van der Waals surface area contributed by atoms with E-state index in [-0.39, 0.29) is 34.7 Å². The van der Waals surface area contributed by atoms with E-state index < -0.39 is 18.9 Å². The van der Waals surface area contributed by atoms with Crippen LogP contribution in [0.2, 0.25) is 0 Å². The average Bonchev–Trinajstić information content (AvgIpc) is 3.45. The van der Waals surface area contributed by atoms with Crippen molar-refractivity contribution in [1.29, 1.82) is 0 Å². The molecular formula is C25H30F3N6O2P. The highest BCUT2D eigenvalue weighted by Crippen LogP contribution is 2.43. The molecule has 3 aromatic rings. The second kappa shape index (κ2) is 9.76. The van der Waals surface area contributed by atoms with Gasteiger partial charge in [-0.15, -0.1) is 0 Å². The molecule has 4 N–H and O–H groups in total. The quantitative estimate of drug-likeness (QED) is 0.346. The Labute approximate surface area is 212 Å². The number of fused-ring (bicyclic) bond motifs is 7. The van der Waals surface area contributed by atoms with Crippen molar-refractivity contribution in [2.75, 3.05) is 31.7 Å². The minimum Gasteiger partial charge on any atom is -0.360 e. The van der Waals surface area contributed by atoms with Gasteiger partial charge in [0.05, 0.1) is 16.8 Å². The number of carbonyl (C=O) groups excluding carboxylic acids is 1. The van der Waals surface area contributed by atoms with Crippen LogP contribution < -0.4 is 21.3 Å². The number of hydrogen-bond donors (Lipinski definition) is 4. The molecule has 1 aromatic carbocycles. The normalized spacial score (nSPS) is 21.4. The molecule has 0 radical (unpaired) electrons. The van der Waals surface area contributed by atoms with Crippen LogP contribution in [0.5, 0.6) is 0 Å². The minimum atomic E-state index is -4.68. The van der Waals surface area contributed by atoms with Gasteiger partial charge in [0, 0.05) is 47.3 Å². The summed E-state index contributed by atoms with van der Waals surface area (Å²) >= 11 is 0. The first-order valence-corrected chi connectivity index (χ1v) is 15.0. The van der Waals surface area contributed by atoms with E-state index in [1.54, 1.807) is 19.4 Å². The molecule has 198 valence electrons. The van der Waals surface area contributed by atoms with Crippen LogP contribution in [0.4, 0.5) is 19.1 Å². The number of H-pyrrole nitrogens is 1. The van der Waals surface area contributed by atoms with Gasteiger partial charge in [0.2, 0.25) is 5.95 Å². The standard InChI is InChI=1S/C25H30F3N6O2P/c1-37(2,36)22-17-8-7-16-18(12-31-21(16)22)20-19(25(26,27)28)13-32-24(34-20)33-15-6-5-14(11-15)29-9-3-4-10-30-23(17)35/h7-8,12-15,29,31H,3-6,9-11H2,1-2H3,(H,30,35)(H,32,33,34)/t14-,15-/m0/s1. The van der Waals surface area contributed by atoms with Gasteiger partial charge in [0.1, 0.15) is 12.7 Å². The Balaban J connectivity index is 1.69. The molecule has 8 bridgehead atoms. The minimum absolute atomic E-state index is 0.0478. The van der Waals surface area contributed by atoms with E-state index in [4.69, 9.17) is 0 Å². The van der Waals surface area contributed by atoms with Crippen molar-refractivity contribution in [2.45, 2.75) is 50.4 Å². The van der Waals surface area contributed by atoms with Crippen molar-refractivity contribution in [3.8, 4) is 11.3 Å². The molecule has 1 aliphatic carbocycles. The summed E-state index contributed by atoms with van der Waals surface area (Å²) in [5.74, 6) is -0.222. The van der Waals surface area contributed by atoms with E-state index in [0.29, 0.717) is 28.8 Å². The molecule has 2 atom stereocenters. The molecule has 0 unspecified atom stereocenters. The number of nitrogens with zero attached hydrogens (tertiary/aromatic N) is 2. The van der Waals surface area contributed by atoms with Gasteiger partial charge in [0.15, 0.2) is 0 Å². The topological polar surface area (TPSA) is 112 Å². The molecule has 2 aliphatic heterocycles. The Morgan fingerprint density at radius 2 is 1.81 bits per heavy atom. The van der Waals surface area contributed by atoms with E-state index in [1.807, 2.05) is 0 Å². The number of aromatic nitrogens is 3. The molecule has 3 aliphatic rings. The van der Waals surface area contributed by atoms with Gasteiger partial charge in [-0.2, -0.15) is 13.2 Å². The zero-order valence-corrected chi connectivity index (χ0v) is 21.6. The van der Waals surface area contributed by atoms with Crippen LogP contribution in [-0.2, 0) is 10.7 Å². The number of nitrogens with one attached hydrogen (secondary N) is 4. The summed E-state index contributed by atoms with van der Waals surface area (Å²) in [4.78, 5) is 24.4. The van der Waals surface area contributed by atoms with Crippen LogP contribution in [0.3, 0.4) is 0 Å². The van der Waals surface area contributed by atoms with Gasteiger partial charge in [-0.25, -0.2) is 9.97 Å². The lowest BCUT2D eigenvalue weighted by atomic mass is 10.0. The van der Waals surface area contributed by atoms with E-state index in [9.17, 15) is 22.5 Å². The lowest BCUT2D eigenvalue weighted by molar-refractivity contribution is -0.137. The Morgan fingerprint density at radius 1 is 1.05 bits per heavy atom. The predicted octanol–water partition coefficient (Wildman–Crippen LogP) is 4.34. The van der Waals surface area contributed by atoms with Gasteiger partial charge >= 0.3 is 6.18 Å². The zero-order valence-electron chi connectivity index (χ0n) is 20.7. The van der Waals surface area contributed by atoms with E-state index >= 15 is 0 Å². The van der Waals surface area contributed by atoms with E-state index in [0.717, 1.165) is 44.8 Å². The third-order valence-electron chi connectivity index (χ3n) is 7.05. The molecule has 1 amide bonds. The van der Waals surface area contributed by atoms with Crippen molar-refractivity contribution in [3.63, 3.8) is 0 Å². The highest BCUT2D eigenvalue weighted by atomic mass is 31.2. The fourth-order valence-corrected chi connectivity index (χ4v) is 6.80. The highest BCUT2D eigenvalue weighted by molar-refractivity contribution is 7.70. The first-order chi connectivity index (χ1) is 17.5. The molecule has 37 heavy (non-hydrogen) atoms. The summed E-state index contributed by atoms with van der Waals surface area (Å²) in [7, 11) is -3.02. The summed E-state index contributed by atoms with van der Waals surface area (Å²) in [5.41, 5.74) is -0.401. The van der Waals surface area contributed by atoms with Gasteiger partial charge < -0.3 is 25.5 Å². The first-order valence-electron chi connectivity index (χ1n) is 12.4. The largest absolute Gasteiger partial charge is 0.419 e. The highest BCUT2D eigenvalue weighted by Gasteiger charge is 2.37. The number of aromatic amines is 1. The number of carbonyl (C=O) groups is 1. The smallest absolute Gasteiger partial charge is 0.360 e. The summed E-state index contributed by atoms with van der Waals surface area (Å²) in [6.45, 7) is 4.36. The Hall–Kier alpha value is -2.91. The van der Waals surface area contributed by atoms with Crippen LogP contribution in [-0.4, -0.2) is 59.4 Å². The summed E-state index contributed by atoms with van der Waals surface area (Å²) in [6, 6.07) is 3.47. The summed E-state index contributed by atoms with van der Waals surface area (Å²) < 4.78 is 55.4. The number of alkyl halides is 3. The maximum atomic E-state index is 14.0. The Bertz CT molecular complexity index is 1380. The average molecular weight is 535 g/mol. The zero-order chi connectivity index (χ0) is 26.4. The second-order valence-corrected chi connectivity index (χ2v) is 13.3. The van der Waals surface area contributed by atoms with Crippen molar-refractivity contribution < 1.29 is 22.5 Å². The molecule has 8 nitrogen and oxygen atoms in total. The van der Waals surface area contributed by atoms with Gasteiger partial charge in [-0.3, -0.25) is 4.79 Å². The molecule has 2 aromatic heterocycles. The van der Waals surface area contributed by atoms with Crippen molar-refractivity contribution in [2.24, 2.45) is 0 Å². The molecule has 4 heterocycles. The number of anilines is 1. The Morgan fingerprint density at radius 3 is 2.57 bits per heavy atom. The molecule has 0 spiro atoms. The molecule has 1 saturated carbocycles. The van der Waals surface area contributed by atoms with Crippen molar-refractivity contribution >= 4 is 35.2 Å². The maximum absolute atomic E-state index is 14.0. The fraction of sp³-hybridized carbons (Fsp3) is 0.480. The number of benzene rings is 1.